The van der Waals surface area contributed by atoms with Gasteiger partial charge in [0, 0.05) is 64.2 Å². The van der Waals surface area contributed by atoms with E-state index in [0.29, 0.717) is 45.9 Å². The monoisotopic (exact) mass is 712 g/mol. The molecule has 1 aromatic carbocycles. The van der Waals surface area contributed by atoms with Crippen LogP contribution < -0.4 is 10.6 Å². The lowest BCUT2D eigenvalue weighted by atomic mass is 9.84. The number of nitrogens with one attached hydrogen (secondary N) is 2. The number of nitrogens with zero attached hydrogens (tertiary/aromatic N) is 4. The standard InChI is InChI=1S/C41H40N6O6/c1-8-25-19(3)28-16-30-21(5)27(14-15-34(48)53-7)38(45-30)36-37(41(50)42-23-10-12-24(13-11-23)47(51)52)40(49)35-22(6)31(46-39(35)36)18-33-26(9-2)20(4)29(44-33)17-32(25)43-28/h8,10-13,16-18,21,27,37,45,49H,1,9,14-15H2,2-7H3,(H,42,50)/t21-,27-,37-/m0/s1. The lowest BCUT2D eigenvalue weighted by molar-refractivity contribution is -0.384. The molecule has 0 aromatic heterocycles. The summed E-state index contributed by atoms with van der Waals surface area (Å²) in [4.78, 5) is 52.8. The minimum atomic E-state index is -1.17. The van der Waals surface area contributed by atoms with E-state index in [1.807, 2.05) is 32.1 Å². The topological polar surface area (TPSA) is 168 Å². The molecule has 0 radical (unpaired) electrons. The Bertz CT molecular complexity index is 2290. The number of fused-ring (bicyclic) bond motifs is 5. The predicted molar refractivity (Wildman–Crippen MR) is 204 cm³/mol. The number of methoxy groups -OCH3 is 1. The number of aliphatic hydroxyl groups excluding tert-OH is 1. The van der Waals surface area contributed by atoms with E-state index in [9.17, 15) is 24.8 Å². The molecule has 1 amide bonds. The lowest BCUT2D eigenvalue weighted by Crippen LogP contribution is -2.28. The van der Waals surface area contributed by atoms with Crippen molar-refractivity contribution < 1.29 is 24.4 Å². The molecule has 3 atom stereocenters. The zero-order valence-corrected chi connectivity index (χ0v) is 30.5. The Morgan fingerprint density at radius 3 is 2.40 bits per heavy atom. The largest absolute Gasteiger partial charge is 0.510 e. The average molecular weight is 713 g/mol. The van der Waals surface area contributed by atoms with Crippen LogP contribution >= 0.6 is 0 Å². The van der Waals surface area contributed by atoms with E-state index < -0.39 is 16.7 Å². The Hall–Kier alpha value is -6.17. The molecule has 1 aromatic rings. The van der Waals surface area contributed by atoms with Gasteiger partial charge >= 0.3 is 5.97 Å². The van der Waals surface area contributed by atoms with E-state index in [1.165, 1.54) is 31.4 Å². The van der Waals surface area contributed by atoms with E-state index in [-0.39, 0.29) is 35.7 Å². The number of benzene rings is 1. The van der Waals surface area contributed by atoms with Crippen LogP contribution in [0.2, 0.25) is 0 Å². The van der Waals surface area contributed by atoms with Crippen LogP contribution in [0.5, 0.6) is 0 Å². The summed E-state index contributed by atoms with van der Waals surface area (Å²) in [5, 5.41) is 29.8. The number of nitro groups is 1. The first-order valence-corrected chi connectivity index (χ1v) is 17.6. The van der Waals surface area contributed by atoms with Gasteiger partial charge < -0.3 is 20.5 Å². The van der Waals surface area contributed by atoms with Crippen molar-refractivity contribution in [3.8, 4) is 0 Å². The number of anilines is 1. The van der Waals surface area contributed by atoms with Gasteiger partial charge in [0.1, 0.15) is 11.7 Å². The fraction of sp³-hybridized carbons (Fsp3) is 0.293. The summed E-state index contributed by atoms with van der Waals surface area (Å²) in [6.45, 7) is 14.1. The van der Waals surface area contributed by atoms with Crippen LogP contribution in [0.1, 0.15) is 53.9 Å². The maximum absolute atomic E-state index is 14.3. The first-order chi connectivity index (χ1) is 25.4. The lowest BCUT2D eigenvalue weighted by Gasteiger charge is -2.21. The maximum atomic E-state index is 14.3. The second-order valence-corrected chi connectivity index (χ2v) is 13.8. The SMILES string of the molecule is C=CC1=C(C)C2=NC1=CC1=NC(=CC3=C(C)C4=C(O)[C@@H](C(=O)Nc5ccc([N+](=O)[O-])cc5)C(=C5NC(=C2)[C@@H](C)[C@@H]5CCC(=O)OC)C4=N3)C(CC)=C1C. The van der Waals surface area contributed by atoms with Crippen molar-refractivity contribution in [2.24, 2.45) is 32.7 Å². The summed E-state index contributed by atoms with van der Waals surface area (Å²) < 4.78 is 5.01. The molecule has 12 heteroatoms. The molecule has 1 fully saturated rings. The first kappa shape index (κ1) is 35.2. The fourth-order valence-corrected chi connectivity index (χ4v) is 7.94. The molecule has 3 N–H and O–H groups in total. The zero-order valence-electron chi connectivity index (χ0n) is 30.5. The Balaban J connectivity index is 1.46. The van der Waals surface area contributed by atoms with E-state index in [1.54, 1.807) is 6.08 Å². The number of nitro benzene ring substituents is 1. The average Bonchev–Trinajstić information content (AvgIpc) is 3.88. The number of esters is 1. The van der Waals surface area contributed by atoms with E-state index in [4.69, 9.17) is 19.7 Å². The molecule has 1 aliphatic carbocycles. The van der Waals surface area contributed by atoms with Gasteiger partial charge in [0.15, 0.2) is 0 Å². The highest BCUT2D eigenvalue weighted by Crippen LogP contribution is 2.49. The van der Waals surface area contributed by atoms with E-state index in [2.05, 4.69) is 38.0 Å². The van der Waals surface area contributed by atoms with Crippen molar-refractivity contribution in [3.05, 3.63) is 139 Å². The summed E-state index contributed by atoms with van der Waals surface area (Å²) in [5.74, 6) is -2.68. The van der Waals surface area contributed by atoms with Crippen LogP contribution in [-0.4, -0.2) is 46.2 Å². The smallest absolute Gasteiger partial charge is 0.305 e. The number of hydrogen-bond acceptors (Lipinski definition) is 10. The third kappa shape index (κ3) is 5.84. The molecule has 5 aliphatic heterocycles. The van der Waals surface area contributed by atoms with Crippen molar-refractivity contribution in [1.82, 2.24) is 5.32 Å². The minimum Gasteiger partial charge on any atom is -0.510 e. The van der Waals surface area contributed by atoms with Gasteiger partial charge in [-0.15, -0.1) is 0 Å². The summed E-state index contributed by atoms with van der Waals surface area (Å²) >= 11 is 0. The Kier molecular flexibility index (Phi) is 8.93. The number of allylic oxidation sites excluding steroid dienone is 11. The fourth-order valence-electron chi connectivity index (χ4n) is 7.94. The highest BCUT2D eigenvalue weighted by Gasteiger charge is 2.48. The van der Waals surface area contributed by atoms with E-state index in [0.717, 1.165) is 57.2 Å². The molecule has 0 saturated carbocycles. The summed E-state index contributed by atoms with van der Waals surface area (Å²) in [7, 11) is 1.35. The van der Waals surface area contributed by atoms with Crippen LogP contribution in [0, 0.1) is 27.9 Å². The van der Waals surface area contributed by atoms with Gasteiger partial charge in [-0.1, -0.05) is 26.5 Å². The second kappa shape index (κ2) is 13.4. The summed E-state index contributed by atoms with van der Waals surface area (Å²) in [5.41, 5.74) is 11.5. The predicted octanol–water partition coefficient (Wildman–Crippen LogP) is 7.57. The van der Waals surface area contributed by atoms with Crippen LogP contribution in [0.4, 0.5) is 11.4 Å². The Morgan fingerprint density at radius 1 is 1.04 bits per heavy atom. The molecular formula is C41H40N6O6. The molecule has 6 aliphatic rings. The molecule has 1 saturated heterocycles. The molecule has 12 nitrogen and oxygen atoms in total. The van der Waals surface area contributed by atoms with Crippen LogP contribution in [0.15, 0.2) is 143 Å². The number of carbonyl (C=O) groups is 2. The van der Waals surface area contributed by atoms with Crippen molar-refractivity contribution in [1.29, 1.82) is 0 Å². The molecule has 270 valence electrons. The third-order valence-electron chi connectivity index (χ3n) is 10.9. The second-order valence-electron chi connectivity index (χ2n) is 13.8. The highest BCUT2D eigenvalue weighted by atomic mass is 16.6. The molecule has 7 rings (SSSR count). The molecule has 53 heavy (non-hydrogen) atoms. The maximum Gasteiger partial charge on any atom is 0.305 e. The minimum absolute atomic E-state index is 0.116. The van der Waals surface area contributed by atoms with Crippen molar-refractivity contribution in [2.45, 2.75) is 53.9 Å². The number of hydrogen-bond donors (Lipinski definition) is 3. The van der Waals surface area contributed by atoms with Crippen LogP contribution in [0.25, 0.3) is 0 Å². The number of aliphatic hydroxyl groups is 1. The van der Waals surface area contributed by atoms with Gasteiger partial charge in [0.05, 0.1) is 46.3 Å². The quantitative estimate of drug-likeness (QED) is 0.142. The van der Waals surface area contributed by atoms with Crippen LogP contribution in [-0.2, 0) is 14.3 Å². The summed E-state index contributed by atoms with van der Waals surface area (Å²) in [6.07, 6.45) is 8.99. The summed E-state index contributed by atoms with van der Waals surface area (Å²) in [6, 6.07) is 5.51. The molecule has 5 heterocycles. The number of ether oxygens (including phenoxy) is 1. The number of amides is 1. The highest BCUT2D eigenvalue weighted by molar-refractivity contribution is 6.25. The molecule has 0 unspecified atom stereocenters. The van der Waals surface area contributed by atoms with Crippen molar-refractivity contribution in [2.75, 3.05) is 12.4 Å². The van der Waals surface area contributed by atoms with Crippen LogP contribution in [0.3, 0.4) is 0 Å². The van der Waals surface area contributed by atoms with Gasteiger partial charge in [-0.05, 0) is 86.3 Å². The normalized spacial score (nSPS) is 23.1. The third-order valence-corrected chi connectivity index (χ3v) is 10.9. The van der Waals surface area contributed by atoms with Crippen molar-refractivity contribution >= 4 is 40.4 Å². The molecule has 0 spiro atoms. The van der Waals surface area contributed by atoms with Gasteiger partial charge in [0.2, 0.25) is 5.91 Å². The number of carbonyl (C=O) groups excluding carboxylic acids is 2. The molecule has 8 bridgehead atoms. The Labute approximate surface area is 307 Å². The first-order valence-electron chi connectivity index (χ1n) is 17.6. The van der Waals surface area contributed by atoms with Gasteiger partial charge in [-0.3, -0.25) is 19.7 Å². The van der Waals surface area contributed by atoms with Gasteiger partial charge in [-0.2, -0.15) is 0 Å². The van der Waals surface area contributed by atoms with Gasteiger partial charge in [-0.25, -0.2) is 15.0 Å². The number of rotatable bonds is 8. The zero-order chi connectivity index (χ0) is 37.9. The number of aliphatic imine (C=N–C) groups is 3. The number of non-ortho nitro benzene ring substituents is 1. The van der Waals surface area contributed by atoms with E-state index >= 15 is 0 Å². The van der Waals surface area contributed by atoms with Crippen molar-refractivity contribution in [3.63, 3.8) is 0 Å². The molecular weight excluding hydrogens is 672 g/mol. The Morgan fingerprint density at radius 2 is 1.74 bits per heavy atom. The van der Waals surface area contributed by atoms with Gasteiger partial charge in [0.25, 0.3) is 5.69 Å².